The average Bonchev–Trinajstić information content (AvgIpc) is 2.30. The maximum absolute atomic E-state index is 13.7. The molecule has 2 N–H and O–H groups in total. The number of nitrogens with two attached hydrogens (primary N) is 1. The summed E-state index contributed by atoms with van der Waals surface area (Å²) in [6, 6.07) is 6.55. The van der Waals surface area contributed by atoms with Gasteiger partial charge in [-0.2, -0.15) is 0 Å². The van der Waals surface area contributed by atoms with Crippen molar-refractivity contribution >= 4 is 0 Å². The highest BCUT2D eigenvalue weighted by Gasteiger charge is 2.09. The van der Waals surface area contributed by atoms with E-state index in [1.165, 1.54) is 12.1 Å². The summed E-state index contributed by atoms with van der Waals surface area (Å²) in [6.07, 6.45) is 0. The predicted molar refractivity (Wildman–Crippen MR) is 65.4 cm³/mol. The minimum Gasteiger partial charge on any atom is -0.454 e. The number of hydrogen-bond donors (Lipinski definition) is 1. The van der Waals surface area contributed by atoms with Gasteiger partial charge in [-0.15, -0.1) is 0 Å². The standard InChI is InChI=1S/C14H12F3NO/c1-8(18)9-2-3-14(13(17)4-9)19-12-6-10(15)5-11(16)7-12/h2-8H,18H2,1H3/t8-/m1/s1. The van der Waals surface area contributed by atoms with Crippen molar-refractivity contribution < 1.29 is 17.9 Å². The molecule has 0 saturated carbocycles. The van der Waals surface area contributed by atoms with E-state index >= 15 is 0 Å². The fourth-order valence-electron chi connectivity index (χ4n) is 1.60. The summed E-state index contributed by atoms with van der Waals surface area (Å²) in [4.78, 5) is 0. The first-order valence-electron chi connectivity index (χ1n) is 5.64. The molecular weight excluding hydrogens is 255 g/mol. The van der Waals surface area contributed by atoms with Gasteiger partial charge in [-0.1, -0.05) is 6.07 Å². The van der Waals surface area contributed by atoms with E-state index in [9.17, 15) is 13.2 Å². The molecule has 100 valence electrons. The van der Waals surface area contributed by atoms with Crippen LogP contribution in [0.4, 0.5) is 13.2 Å². The van der Waals surface area contributed by atoms with E-state index in [2.05, 4.69) is 0 Å². The Labute approximate surface area is 108 Å². The first-order valence-corrected chi connectivity index (χ1v) is 5.64. The Morgan fingerprint density at radius 1 is 1.00 bits per heavy atom. The van der Waals surface area contributed by atoms with Crippen LogP contribution in [0.1, 0.15) is 18.5 Å². The second kappa shape index (κ2) is 5.32. The summed E-state index contributed by atoms with van der Waals surface area (Å²) in [5.74, 6) is -2.44. The number of rotatable bonds is 3. The number of ether oxygens (including phenoxy) is 1. The fourth-order valence-corrected chi connectivity index (χ4v) is 1.60. The molecule has 2 aromatic carbocycles. The van der Waals surface area contributed by atoms with Gasteiger partial charge in [0.1, 0.15) is 17.4 Å². The number of halogens is 3. The maximum atomic E-state index is 13.7. The van der Waals surface area contributed by atoms with E-state index in [0.717, 1.165) is 12.1 Å². The van der Waals surface area contributed by atoms with Crippen molar-refractivity contribution in [2.45, 2.75) is 13.0 Å². The molecule has 0 spiro atoms. The molecule has 2 rings (SSSR count). The van der Waals surface area contributed by atoms with Crippen molar-refractivity contribution in [2.24, 2.45) is 5.73 Å². The lowest BCUT2D eigenvalue weighted by Crippen LogP contribution is -2.05. The molecule has 0 bridgehead atoms. The van der Waals surface area contributed by atoms with Crippen LogP contribution >= 0.6 is 0 Å². The summed E-state index contributed by atoms with van der Waals surface area (Å²) < 4.78 is 44.8. The van der Waals surface area contributed by atoms with Crippen LogP contribution in [0.5, 0.6) is 11.5 Å². The second-order valence-electron chi connectivity index (χ2n) is 4.19. The molecule has 0 aromatic heterocycles. The molecule has 0 amide bonds. The van der Waals surface area contributed by atoms with Crippen LogP contribution in [0.2, 0.25) is 0 Å². The van der Waals surface area contributed by atoms with Crippen molar-refractivity contribution in [3.8, 4) is 11.5 Å². The summed E-state index contributed by atoms with van der Waals surface area (Å²) in [5.41, 5.74) is 6.23. The molecule has 0 fully saturated rings. The first kappa shape index (κ1) is 13.4. The zero-order valence-corrected chi connectivity index (χ0v) is 10.2. The monoisotopic (exact) mass is 267 g/mol. The van der Waals surface area contributed by atoms with Gasteiger partial charge in [0.05, 0.1) is 0 Å². The summed E-state index contributed by atoms with van der Waals surface area (Å²) in [5, 5.41) is 0. The Balaban J connectivity index is 2.28. The molecule has 0 unspecified atom stereocenters. The van der Waals surface area contributed by atoms with E-state index in [0.29, 0.717) is 11.6 Å². The van der Waals surface area contributed by atoms with Gasteiger partial charge < -0.3 is 10.5 Å². The molecule has 0 saturated heterocycles. The van der Waals surface area contributed by atoms with Crippen LogP contribution in [0.3, 0.4) is 0 Å². The Hall–Kier alpha value is -2.01. The molecule has 1 atom stereocenters. The largest absolute Gasteiger partial charge is 0.454 e. The van der Waals surface area contributed by atoms with Crippen molar-refractivity contribution in [1.29, 1.82) is 0 Å². The van der Waals surface area contributed by atoms with Crippen molar-refractivity contribution in [3.63, 3.8) is 0 Å². The molecular formula is C14H12F3NO. The lowest BCUT2D eigenvalue weighted by molar-refractivity contribution is 0.433. The van der Waals surface area contributed by atoms with E-state index in [1.807, 2.05) is 0 Å². The average molecular weight is 267 g/mol. The molecule has 0 aliphatic carbocycles. The lowest BCUT2D eigenvalue weighted by atomic mass is 10.1. The molecule has 0 aliphatic rings. The van der Waals surface area contributed by atoms with Gasteiger partial charge in [0.25, 0.3) is 0 Å². The van der Waals surface area contributed by atoms with Gasteiger partial charge in [0.15, 0.2) is 11.6 Å². The summed E-state index contributed by atoms with van der Waals surface area (Å²) >= 11 is 0. The molecule has 5 heteroatoms. The SMILES string of the molecule is C[C@@H](N)c1ccc(Oc2cc(F)cc(F)c2)c(F)c1. The Morgan fingerprint density at radius 2 is 1.63 bits per heavy atom. The highest BCUT2D eigenvalue weighted by molar-refractivity contribution is 5.35. The fraction of sp³-hybridized carbons (Fsp3) is 0.143. The third-order valence-electron chi connectivity index (χ3n) is 2.55. The van der Waals surface area contributed by atoms with E-state index in [-0.39, 0.29) is 17.5 Å². The second-order valence-corrected chi connectivity index (χ2v) is 4.19. The third kappa shape index (κ3) is 3.26. The molecule has 0 aliphatic heterocycles. The van der Waals surface area contributed by atoms with Gasteiger partial charge >= 0.3 is 0 Å². The predicted octanol–water partition coefficient (Wildman–Crippen LogP) is 3.92. The number of hydrogen-bond acceptors (Lipinski definition) is 2. The molecule has 0 radical (unpaired) electrons. The Bertz CT molecular complexity index is 579. The zero-order valence-electron chi connectivity index (χ0n) is 10.2. The van der Waals surface area contributed by atoms with Crippen molar-refractivity contribution in [3.05, 3.63) is 59.4 Å². The van der Waals surface area contributed by atoms with Crippen LogP contribution in [-0.4, -0.2) is 0 Å². The lowest BCUT2D eigenvalue weighted by Gasteiger charge is -2.10. The summed E-state index contributed by atoms with van der Waals surface area (Å²) in [7, 11) is 0. The zero-order chi connectivity index (χ0) is 14.0. The number of benzene rings is 2. The van der Waals surface area contributed by atoms with Crippen LogP contribution in [-0.2, 0) is 0 Å². The topological polar surface area (TPSA) is 35.2 Å². The van der Waals surface area contributed by atoms with Gasteiger partial charge in [-0.25, -0.2) is 13.2 Å². The van der Waals surface area contributed by atoms with Crippen molar-refractivity contribution in [2.75, 3.05) is 0 Å². The first-order chi connectivity index (χ1) is 8.95. The van der Waals surface area contributed by atoms with Crippen LogP contribution < -0.4 is 10.5 Å². The van der Waals surface area contributed by atoms with E-state index in [1.54, 1.807) is 13.0 Å². The quantitative estimate of drug-likeness (QED) is 0.914. The molecule has 0 heterocycles. The van der Waals surface area contributed by atoms with E-state index < -0.39 is 17.5 Å². The van der Waals surface area contributed by atoms with Gasteiger partial charge in [0, 0.05) is 24.2 Å². The highest BCUT2D eigenvalue weighted by atomic mass is 19.1. The van der Waals surface area contributed by atoms with Gasteiger partial charge in [0.2, 0.25) is 0 Å². The van der Waals surface area contributed by atoms with Gasteiger partial charge in [-0.3, -0.25) is 0 Å². The Morgan fingerprint density at radius 3 is 2.16 bits per heavy atom. The normalized spacial score (nSPS) is 12.3. The van der Waals surface area contributed by atoms with Crippen molar-refractivity contribution in [1.82, 2.24) is 0 Å². The van der Waals surface area contributed by atoms with Gasteiger partial charge in [-0.05, 0) is 24.6 Å². The summed E-state index contributed by atoms with van der Waals surface area (Å²) in [6.45, 7) is 1.72. The molecule has 2 aromatic rings. The van der Waals surface area contributed by atoms with E-state index in [4.69, 9.17) is 10.5 Å². The smallest absolute Gasteiger partial charge is 0.166 e. The Kier molecular flexibility index (Phi) is 3.76. The molecule has 2 nitrogen and oxygen atoms in total. The maximum Gasteiger partial charge on any atom is 0.166 e. The minimum atomic E-state index is -0.789. The molecule has 19 heavy (non-hydrogen) atoms. The van der Waals surface area contributed by atoms with Crippen LogP contribution in [0.15, 0.2) is 36.4 Å². The van der Waals surface area contributed by atoms with Crippen LogP contribution in [0.25, 0.3) is 0 Å². The van der Waals surface area contributed by atoms with Crippen LogP contribution in [0, 0.1) is 17.5 Å². The third-order valence-corrected chi connectivity index (χ3v) is 2.55. The highest BCUT2D eigenvalue weighted by Crippen LogP contribution is 2.27. The minimum absolute atomic E-state index is 0.107.